The van der Waals surface area contributed by atoms with Crippen LogP contribution in [-0.2, 0) is 16.2 Å². The normalized spacial score (nSPS) is 21.8. The van der Waals surface area contributed by atoms with Crippen molar-refractivity contribution in [2.45, 2.75) is 45.1 Å². The fraction of sp³-hybridized carbons (Fsp3) is 0.381. The number of hydrogen-bond acceptors (Lipinski definition) is 2. The number of amides is 1. The van der Waals surface area contributed by atoms with Crippen LogP contribution in [0.5, 0.6) is 0 Å². The molecule has 1 aliphatic rings. The van der Waals surface area contributed by atoms with Crippen molar-refractivity contribution in [2.75, 3.05) is 0 Å². The van der Waals surface area contributed by atoms with Gasteiger partial charge < -0.3 is 0 Å². The van der Waals surface area contributed by atoms with Crippen LogP contribution < -0.4 is 5.19 Å². The molecule has 3 nitrogen and oxygen atoms in total. The van der Waals surface area contributed by atoms with Gasteiger partial charge in [-0.25, -0.2) is 5.06 Å². The SMILES string of the molecule is C[C@@H]1[C@@H]([C@H](C)[Si](C)(C)c2ccccc2)C(=O)N1OCc1ccccc1. The minimum atomic E-state index is -1.72. The first kappa shape index (κ1) is 17.9. The quantitative estimate of drug-likeness (QED) is 0.581. The summed E-state index contributed by atoms with van der Waals surface area (Å²) in [4.78, 5) is 18.5. The Labute approximate surface area is 151 Å². The van der Waals surface area contributed by atoms with Crippen molar-refractivity contribution in [2.24, 2.45) is 5.92 Å². The molecule has 0 saturated carbocycles. The monoisotopic (exact) mass is 353 g/mol. The van der Waals surface area contributed by atoms with E-state index in [-0.39, 0.29) is 17.9 Å². The van der Waals surface area contributed by atoms with Gasteiger partial charge in [-0.05, 0) is 18.0 Å². The molecule has 0 aliphatic carbocycles. The van der Waals surface area contributed by atoms with Crippen molar-refractivity contribution in [3.05, 3.63) is 66.2 Å². The van der Waals surface area contributed by atoms with E-state index < -0.39 is 8.07 Å². The fourth-order valence-electron chi connectivity index (χ4n) is 3.73. The van der Waals surface area contributed by atoms with E-state index in [1.807, 2.05) is 30.3 Å². The lowest BCUT2D eigenvalue weighted by Gasteiger charge is -2.49. The van der Waals surface area contributed by atoms with Crippen molar-refractivity contribution in [1.82, 2.24) is 5.06 Å². The highest BCUT2D eigenvalue weighted by atomic mass is 28.3. The molecule has 25 heavy (non-hydrogen) atoms. The Morgan fingerprint density at radius 3 is 2.16 bits per heavy atom. The van der Waals surface area contributed by atoms with Crippen LogP contribution in [0.25, 0.3) is 0 Å². The Hall–Kier alpha value is -1.91. The minimum absolute atomic E-state index is 0.0534. The Morgan fingerprint density at radius 2 is 1.60 bits per heavy atom. The molecule has 0 aromatic heterocycles. The Kier molecular flexibility index (Phi) is 5.11. The highest BCUT2D eigenvalue weighted by Crippen LogP contribution is 2.41. The third-order valence-electron chi connectivity index (χ3n) is 5.80. The van der Waals surface area contributed by atoms with Crippen molar-refractivity contribution in [3.63, 3.8) is 0 Å². The van der Waals surface area contributed by atoms with Gasteiger partial charge in [-0.3, -0.25) is 9.63 Å². The molecular weight excluding hydrogens is 326 g/mol. The lowest BCUT2D eigenvalue weighted by Crippen LogP contribution is -2.64. The second kappa shape index (κ2) is 7.14. The van der Waals surface area contributed by atoms with E-state index in [2.05, 4.69) is 57.3 Å². The van der Waals surface area contributed by atoms with E-state index in [9.17, 15) is 4.79 Å². The summed E-state index contributed by atoms with van der Waals surface area (Å²) in [7, 11) is -1.72. The average Bonchev–Trinajstić information content (AvgIpc) is 2.63. The Bertz CT molecular complexity index is 717. The molecule has 2 aromatic carbocycles. The first-order valence-electron chi connectivity index (χ1n) is 8.98. The summed E-state index contributed by atoms with van der Waals surface area (Å²) in [5.74, 6) is 0.185. The van der Waals surface area contributed by atoms with Gasteiger partial charge in [0.05, 0.1) is 20.0 Å². The maximum absolute atomic E-state index is 12.7. The lowest BCUT2D eigenvalue weighted by molar-refractivity contribution is -0.245. The number of hydrogen-bond donors (Lipinski definition) is 0. The van der Waals surface area contributed by atoms with Gasteiger partial charge in [-0.15, -0.1) is 0 Å². The van der Waals surface area contributed by atoms with Gasteiger partial charge in [0.2, 0.25) is 0 Å². The number of β-lactam (4-membered cyclic amide) rings is 1. The summed E-state index contributed by atoms with van der Waals surface area (Å²) in [5, 5.41) is 2.98. The largest absolute Gasteiger partial charge is 0.272 e. The second-order valence-electron chi connectivity index (χ2n) is 7.57. The zero-order chi connectivity index (χ0) is 18.0. The van der Waals surface area contributed by atoms with Crippen LogP contribution >= 0.6 is 0 Å². The van der Waals surface area contributed by atoms with Crippen LogP contribution in [0.3, 0.4) is 0 Å². The van der Waals surface area contributed by atoms with Gasteiger partial charge in [0.15, 0.2) is 0 Å². The predicted octanol–water partition coefficient (Wildman–Crippen LogP) is 3.97. The molecule has 1 heterocycles. The molecular formula is C21H27NO2Si. The van der Waals surface area contributed by atoms with E-state index in [0.29, 0.717) is 12.1 Å². The van der Waals surface area contributed by atoms with Crippen LogP contribution in [0.4, 0.5) is 0 Å². The first-order chi connectivity index (χ1) is 11.9. The highest BCUT2D eigenvalue weighted by molar-refractivity contribution is 6.91. The molecule has 0 spiro atoms. The molecule has 1 saturated heterocycles. The van der Waals surface area contributed by atoms with Gasteiger partial charge in [0.1, 0.15) is 6.61 Å². The van der Waals surface area contributed by atoms with Crippen molar-refractivity contribution in [1.29, 1.82) is 0 Å². The van der Waals surface area contributed by atoms with Gasteiger partial charge in [-0.2, -0.15) is 0 Å². The number of rotatable bonds is 6. The summed E-state index contributed by atoms with van der Waals surface area (Å²) in [6, 6.07) is 20.8. The van der Waals surface area contributed by atoms with Crippen LogP contribution in [0.15, 0.2) is 60.7 Å². The molecule has 3 rings (SSSR count). The summed E-state index contributed by atoms with van der Waals surface area (Å²) >= 11 is 0. The maximum atomic E-state index is 12.7. The summed E-state index contributed by atoms with van der Waals surface area (Å²) < 4.78 is 0. The molecule has 1 aliphatic heterocycles. The van der Waals surface area contributed by atoms with Crippen LogP contribution in [0, 0.1) is 5.92 Å². The zero-order valence-corrected chi connectivity index (χ0v) is 16.5. The molecule has 0 unspecified atom stereocenters. The molecule has 1 fully saturated rings. The van der Waals surface area contributed by atoms with Gasteiger partial charge >= 0.3 is 0 Å². The number of carbonyl (C=O) groups is 1. The first-order valence-corrected chi connectivity index (χ1v) is 12.1. The maximum Gasteiger partial charge on any atom is 0.251 e. The van der Waals surface area contributed by atoms with Crippen LogP contribution in [0.2, 0.25) is 18.6 Å². The van der Waals surface area contributed by atoms with Crippen molar-refractivity contribution < 1.29 is 9.63 Å². The van der Waals surface area contributed by atoms with Crippen LogP contribution in [-0.4, -0.2) is 25.1 Å². The standard InChI is InChI=1S/C21H27NO2Si/c1-16-20(17(2)25(3,4)19-13-9-6-10-14-19)21(23)22(16)24-15-18-11-7-5-8-12-18/h5-14,16-17,20H,15H2,1-4H3/t16-,17+,20+/m1/s1. The lowest BCUT2D eigenvalue weighted by atomic mass is 9.88. The third kappa shape index (κ3) is 3.41. The molecule has 0 N–H and O–H groups in total. The molecule has 3 atom stereocenters. The third-order valence-corrected chi connectivity index (χ3v) is 10.3. The zero-order valence-electron chi connectivity index (χ0n) is 15.5. The van der Waals surface area contributed by atoms with Crippen molar-refractivity contribution >= 4 is 19.2 Å². The molecule has 0 radical (unpaired) electrons. The number of hydroxylamine groups is 2. The summed E-state index contributed by atoms with van der Waals surface area (Å²) in [6.45, 7) is 9.51. The van der Waals surface area contributed by atoms with E-state index in [0.717, 1.165) is 5.56 Å². The van der Waals surface area contributed by atoms with Gasteiger partial charge in [-0.1, -0.05) is 85.9 Å². The molecule has 2 aromatic rings. The van der Waals surface area contributed by atoms with E-state index in [1.54, 1.807) is 5.06 Å². The average molecular weight is 354 g/mol. The number of nitrogens with zero attached hydrogens (tertiary/aromatic N) is 1. The summed E-state index contributed by atoms with van der Waals surface area (Å²) in [5.41, 5.74) is 1.45. The van der Waals surface area contributed by atoms with Crippen molar-refractivity contribution in [3.8, 4) is 0 Å². The van der Waals surface area contributed by atoms with E-state index >= 15 is 0 Å². The van der Waals surface area contributed by atoms with Gasteiger partial charge in [0.25, 0.3) is 5.91 Å². The van der Waals surface area contributed by atoms with E-state index in [4.69, 9.17) is 4.84 Å². The molecule has 4 heteroatoms. The number of benzene rings is 2. The Balaban J connectivity index is 1.65. The molecule has 132 valence electrons. The van der Waals surface area contributed by atoms with E-state index in [1.165, 1.54) is 5.19 Å². The fourth-order valence-corrected chi connectivity index (χ4v) is 6.62. The second-order valence-corrected chi connectivity index (χ2v) is 12.5. The number of carbonyl (C=O) groups excluding carboxylic acids is 1. The Morgan fingerprint density at radius 1 is 1.04 bits per heavy atom. The molecule has 1 amide bonds. The topological polar surface area (TPSA) is 29.5 Å². The predicted molar refractivity (Wildman–Crippen MR) is 104 cm³/mol. The van der Waals surface area contributed by atoms with Crippen LogP contribution in [0.1, 0.15) is 19.4 Å². The smallest absolute Gasteiger partial charge is 0.251 e. The molecule has 0 bridgehead atoms. The minimum Gasteiger partial charge on any atom is -0.272 e. The summed E-state index contributed by atoms with van der Waals surface area (Å²) in [6.07, 6.45) is 0. The highest BCUT2D eigenvalue weighted by Gasteiger charge is 2.52. The van der Waals surface area contributed by atoms with Gasteiger partial charge in [0, 0.05) is 0 Å².